The minimum Gasteiger partial charge on any atom is -0.387 e. The van der Waals surface area contributed by atoms with Crippen LogP contribution in [-0.4, -0.2) is 78.1 Å². The predicted octanol–water partition coefficient (Wildman–Crippen LogP) is -1.36. The van der Waals surface area contributed by atoms with E-state index >= 15 is 0 Å². The van der Waals surface area contributed by atoms with E-state index in [1.807, 2.05) is 0 Å². The predicted molar refractivity (Wildman–Crippen MR) is 83.6 cm³/mol. The number of guanidine groups is 1. The van der Waals surface area contributed by atoms with E-state index in [2.05, 4.69) is 4.99 Å². The molecule has 8 nitrogen and oxygen atoms in total. The van der Waals surface area contributed by atoms with Crippen LogP contribution in [0, 0.1) is 0 Å². The standard InChI is InChI=1S/C13H25N3O5S/c14-13(15)16-3-1-6-22-7-8-11-9(17)10(18)12(21-8)20-5-2-4-19-11/h8-12,17-18H,1-7H2,(H4,14,15,16). The third-order valence-electron chi connectivity index (χ3n) is 3.55. The van der Waals surface area contributed by atoms with Crippen molar-refractivity contribution in [2.24, 2.45) is 16.5 Å². The van der Waals surface area contributed by atoms with Gasteiger partial charge >= 0.3 is 0 Å². The molecule has 3 aliphatic rings. The first-order chi connectivity index (χ1) is 10.6. The van der Waals surface area contributed by atoms with E-state index in [0.717, 1.165) is 12.2 Å². The molecule has 0 radical (unpaired) electrons. The van der Waals surface area contributed by atoms with Crippen LogP contribution in [0.1, 0.15) is 12.8 Å². The average molecular weight is 335 g/mol. The van der Waals surface area contributed by atoms with Crippen molar-refractivity contribution in [1.82, 2.24) is 0 Å². The number of hydrogen-bond donors (Lipinski definition) is 4. The highest BCUT2D eigenvalue weighted by Gasteiger charge is 2.46. The van der Waals surface area contributed by atoms with Crippen LogP contribution in [0.25, 0.3) is 0 Å². The lowest BCUT2D eigenvalue weighted by Gasteiger charge is -2.41. The summed E-state index contributed by atoms with van der Waals surface area (Å²) < 4.78 is 16.9. The van der Waals surface area contributed by atoms with E-state index in [1.165, 1.54) is 0 Å². The first-order valence-electron chi connectivity index (χ1n) is 7.47. The molecule has 3 heterocycles. The van der Waals surface area contributed by atoms with Crippen molar-refractivity contribution < 1.29 is 24.4 Å². The van der Waals surface area contributed by atoms with Crippen LogP contribution in [-0.2, 0) is 14.2 Å². The van der Waals surface area contributed by atoms with Gasteiger partial charge in [-0.2, -0.15) is 11.8 Å². The Morgan fingerprint density at radius 2 is 1.95 bits per heavy atom. The summed E-state index contributed by atoms with van der Waals surface area (Å²) in [6, 6.07) is 0. The van der Waals surface area contributed by atoms with Gasteiger partial charge in [-0.15, -0.1) is 0 Å². The first-order valence-corrected chi connectivity index (χ1v) is 8.63. The molecule has 0 aromatic rings. The molecule has 0 aromatic heterocycles. The molecule has 0 aliphatic carbocycles. The minimum absolute atomic E-state index is 0.101. The van der Waals surface area contributed by atoms with Gasteiger partial charge in [-0.1, -0.05) is 0 Å². The van der Waals surface area contributed by atoms with Gasteiger partial charge in [-0.25, -0.2) is 0 Å². The summed E-state index contributed by atoms with van der Waals surface area (Å²) in [4.78, 5) is 3.92. The van der Waals surface area contributed by atoms with Crippen molar-refractivity contribution in [3.63, 3.8) is 0 Å². The van der Waals surface area contributed by atoms with Crippen molar-refractivity contribution in [2.75, 3.05) is 31.3 Å². The van der Waals surface area contributed by atoms with Gasteiger partial charge in [0, 0.05) is 18.9 Å². The Balaban J connectivity index is 1.80. The van der Waals surface area contributed by atoms with Gasteiger partial charge in [-0.3, -0.25) is 4.99 Å². The normalized spacial score (nSPS) is 35.5. The molecule has 3 fully saturated rings. The molecule has 3 rings (SSSR count). The molecular formula is C13H25N3O5S. The highest BCUT2D eigenvalue weighted by Crippen LogP contribution is 2.28. The summed E-state index contributed by atoms with van der Waals surface area (Å²) in [6.45, 7) is 1.52. The number of aliphatic imine (C=N–C) groups is 1. The Bertz CT molecular complexity index is 368. The molecule has 0 saturated carbocycles. The molecule has 0 amide bonds. The fraction of sp³-hybridized carbons (Fsp3) is 0.923. The Morgan fingerprint density at radius 3 is 2.73 bits per heavy atom. The summed E-state index contributed by atoms with van der Waals surface area (Å²) in [5.41, 5.74) is 10.5. The highest BCUT2D eigenvalue weighted by atomic mass is 32.2. The molecule has 3 aliphatic heterocycles. The third-order valence-corrected chi connectivity index (χ3v) is 4.69. The number of ether oxygens (including phenoxy) is 3. The summed E-state index contributed by atoms with van der Waals surface area (Å²) in [7, 11) is 0. The number of aliphatic hydroxyl groups excluding tert-OH is 2. The molecule has 5 atom stereocenters. The van der Waals surface area contributed by atoms with Crippen molar-refractivity contribution >= 4 is 17.7 Å². The summed E-state index contributed by atoms with van der Waals surface area (Å²) in [5.74, 6) is 1.62. The lowest BCUT2D eigenvalue weighted by atomic mass is 10.00. The van der Waals surface area contributed by atoms with Crippen molar-refractivity contribution in [3.05, 3.63) is 0 Å². The van der Waals surface area contributed by atoms with Crippen LogP contribution < -0.4 is 11.5 Å². The third kappa shape index (κ3) is 4.97. The Hall–Kier alpha value is -0.580. The van der Waals surface area contributed by atoms with E-state index in [9.17, 15) is 10.2 Å². The number of nitrogens with two attached hydrogens (primary N) is 2. The van der Waals surface area contributed by atoms with Crippen molar-refractivity contribution in [2.45, 2.75) is 43.5 Å². The van der Waals surface area contributed by atoms with Gasteiger partial charge in [0.2, 0.25) is 0 Å². The van der Waals surface area contributed by atoms with E-state index < -0.39 is 24.6 Å². The monoisotopic (exact) mass is 335 g/mol. The van der Waals surface area contributed by atoms with Gasteiger partial charge < -0.3 is 35.9 Å². The molecule has 128 valence electrons. The second kappa shape index (κ2) is 8.90. The number of aliphatic hydroxyl groups is 2. The van der Waals surface area contributed by atoms with E-state index in [0.29, 0.717) is 31.9 Å². The van der Waals surface area contributed by atoms with E-state index in [-0.39, 0.29) is 12.1 Å². The number of fused-ring (bicyclic) bond motifs is 6. The van der Waals surface area contributed by atoms with Gasteiger partial charge in [-0.05, 0) is 18.6 Å². The number of thioether (sulfide) groups is 1. The van der Waals surface area contributed by atoms with Crippen molar-refractivity contribution in [1.29, 1.82) is 0 Å². The van der Waals surface area contributed by atoms with Crippen LogP contribution in [0.4, 0.5) is 0 Å². The zero-order valence-electron chi connectivity index (χ0n) is 12.5. The first kappa shape index (κ1) is 17.8. The summed E-state index contributed by atoms with van der Waals surface area (Å²) in [5, 5.41) is 20.2. The number of rotatable bonds is 6. The van der Waals surface area contributed by atoms with Crippen LogP contribution in [0.15, 0.2) is 4.99 Å². The SMILES string of the molecule is NC(N)=NCCCSCC1OC2OCCCOC1C(O)C2O. The molecule has 5 unspecified atom stereocenters. The molecule has 0 spiro atoms. The maximum atomic E-state index is 10.2. The maximum absolute atomic E-state index is 10.2. The lowest BCUT2D eigenvalue weighted by molar-refractivity contribution is -0.289. The largest absolute Gasteiger partial charge is 0.387 e. The van der Waals surface area contributed by atoms with E-state index in [1.54, 1.807) is 11.8 Å². The number of hydrogen-bond acceptors (Lipinski definition) is 7. The van der Waals surface area contributed by atoms with Gasteiger partial charge in [0.25, 0.3) is 0 Å². The number of nitrogens with zero attached hydrogens (tertiary/aromatic N) is 1. The second-order valence-corrected chi connectivity index (χ2v) is 6.47. The molecule has 3 saturated heterocycles. The Morgan fingerprint density at radius 1 is 1.18 bits per heavy atom. The zero-order valence-corrected chi connectivity index (χ0v) is 13.3. The van der Waals surface area contributed by atoms with Gasteiger partial charge in [0.15, 0.2) is 12.2 Å². The fourth-order valence-electron chi connectivity index (χ4n) is 2.44. The molecule has 2 bridgehead atoms. The molecular weight excluding hydrogens is 310 g/mol. The summed E-state index contributed by atoms with van der Waals surface area (Å²) >= 11 is 1.67. The summed E-state index contributed by atoms with van der Waals surface area (Å²) in [6.07, 6.45) is -2.14. The molecule has 0 aromatic carbocycles. The Kier molecular flexibility index (Phi) is 7.19. The van der Waals surface area contributed by atoms with Crippen molar-refractivity contribution in [3.8, 4) is 0 Å². The van der Waals surface area contributed by atoms with Crippen LogP contribution in [0.3, 0.4) is 0 Å². The molecule has 9 heteroatoms. The quantitative estimate of drug-likeness (QED) is 0.266. The lowest BCUT2D eigenvalue weighted by Crippen LogP contribution is -2.59. The maximum Gasteiger partial charge on any atom is 0.186 e. The van der Waals surface area contributed by atoms with Gasteiger partial charge in [0.1, 0.15) is 18.3 Å². The fourth-order valence-corrected chi connectivity index (χ4v) is 3.44. The van der Waals surface area contributed by atoms with Crippen LogP contribution in [0.5, 0.6) is 0 Å². The zero-order chi connectivity index (χ0) is 15.9. The molecule has 6 N–H and O–H groups in total. The molecule has 22 heavy (non-hydrogen) atoms. The second-order valence-electron chi connectivity index (χ2n) is 5.32. The van der Waals surface area contributed by atoms with Gasteiger partial charge in [0.05, 0.1) is 12.7 Å². The smallest absolute Gasteiger partial charge is 0.186 e. The highest BCUT2D eigenvalue weighted by molar-refractivity contribution is 7.99. The Labute approximate surface area is 134 Å². The van der Waals surface area contributed by atoms with Crippen LogP contribution >= 0.6 is 11.8 Å². The minimum atomic E-state index is -1.08. The van der Waals surface area contributed by atoms with E-state index in [4.69, 9.17) is 25.7 Å². The van der Waals surface area contributed by atoms with Crippen LogP contribution in [0.2, 0.25) is 0 Å². The topological polar surface area (TPSA) is 133 Å². The average Bonchev–Trinajstić information content (AvgIpc) is 2.62.